The summed E-state index contributed by atoms with van der Waals surface area (Å²) in [5.41, 5.74) is 7.22. The topological polar surface area (TPSA) is 43.1 Å². The molecule has 34 heavy (non-hydrogen) atoms. The number of amides is 1. The highest BCUT2D eigenvalue weighted by molar-refractivity contribution is 7.99. The zero-order valence-electron chi connectivity index (χ0n) is 19.4. The van der Waals surface area contributed by atoms with Crippen molar-refractivity contribution in [1.29, 1.82) is 0 Å². The van der Waals surface area contributed by atoms with Gasteiger partial charge in [0.05, 0.1) is 26.7 Å². The van der Waals surface area contributed by atoms with E-state index in [-0.39, 0.29) is 11.8 Å². The minimum absolute atomic E-state index is 0.0821. The molecule has 3 nitrogen and oxygen atoms in total. The van der Waals surface area contributed by atoms with E-state index >= 15 is 0 Å². The second-order valence-electron chi connectivity index (χ2n) is 9.42. The third-order valence-electron chi connectivity index (χ3n) is 7.14. The molecule has 0 bridgehead atoms. The van der Waals surface area contributed by atoms with Crippen LogP contribution in [0, 0.1) is 17.6 Å². The van der Waals surface area contributed by atoms with Gasteiger partial charge < -0.3 is 10.2 Å². The molecule has 0 saturated carbocycles. The molecule has 1 fully saturated rings. The average Bonchev–Trinajstić information content (AvgIpc) is 3.23. The normalized spacial score (nSPS) is 20.4. The lowest BCUT2D eigenvalue weighted by molar-refractivity contribution is -0.899. The average molecular weight is 482 g/mol. The number of rotatable bonds is 9. The number of likely N-dealkylation sites (tertiary alicyclic amines) is 1. The molecule has 6 heteroatoms. The molecule has 1 amide bonds. The highest BCUT2D eigenvalue weighted by Gasteiger charge is 2.53. The molecule has 0 aromatic heterocycles. The van der Waals surface area contributed by atoms with Crippen LogP contribution in [0.3, 0.4) is 0 Å². The minimum Gasteiger partial charge on any atom is -0.369 e. The maximum atomic E-state index is 13.5. The van der Waals surface area contributed by atoms with Crippen molar-refractivity contribution in [2.75, 3.05) is 32.4 Å². The van der Waals surface area contributed by atoms with E-state index in [4.69, 9.17) is 5.73 Å². The first-order valence-corrected chi connectivity index (χ1v) is 12.7. The number of hydrogen-bond acceptors (Lipinski definition) is 2. The number of carbonyl (C=O) groups is 1. The van der Waals surface area contributed by atoms with Gasteiger partial charge in [0.25, 0.3) is 0 Å². The van der Waals surface area contributed by atoms with Crippen LogP contribution in [-0.2, 0) is 10.2 Å². The minimum atomic E-state index is -0.876. The van der Waals surface area contributed by atoms with Crippen LogP contribution in [0.15, 0.2) is 83.8 Å². The van der Waals surface area contributed by atoms with Gasteiger partial charge >= 0.3 is 0 Å². The molecule has 2 N–H and O–H groups in total. The predicted octanol–water partition coefficient (Wildman–Crippen LogP) is 5.39. The van der Waals surface area contributed by atoms with Gasteiger partial charge in [-0.05, 0) is 29.3 Å². The Morgan fingerprint density at radius 1 is 1.00 bits per heavy atom. The quantitative estimate of drug-likeness (QED) is 0.253. The molecule has 3 aromatic carbocycles. The van der Waals surface area contributed by atoms with Crippen LogP contribution in [0.2, 0.25) is 0 Å². The highest BCUT2D eigenvalue weighted by Crippen LogP contribution is 2.45. The molecular weight excluding hydrogens is 450 g/mol. The molecule has 1 saturated heterocycles. The lowest BCUT2D eigenvalue weighted by atomic mass is 9.64. The van der Waals surface area contributed by atoms with Gasteiger partial charge in [-0.15, -0.1) is 11.8 Å². The van der Waals surface area contributed by atoms with E-state index in [1.54, 1.807) is 6.07 Å². The summed E-state index contributed by atoms with van der Waals surface area (Å²) in [5, 5.41) is 0. The second kappa shape index (κ2) is 10.3. The van der Waals surface area contributed by atoms with E-state index in [1.807, 2.05) is 60.7 Å². The summed E-state index contributed by atoms with van der Waals surface area (Å²) < 4.78 is 27.5. The number of quaternary nitrogens is 1. The van der Waals surface area contributed by atoms with Crippen molar-refractivity contribution in [1.82, 2.24) is 0 Å². The van der Waals surface area contributed by atoms with Crippen molar-refractivity contribution in [2.24, 2.45) is 11.7 Å². The van der Waals surface area contributed by atoms with Crippen molar-refractivity contribution < 1.29 is 18.1 Å². The Balaban J connectivity index is 1.50. The molecule has 0 spiro atoms. The summed E-state index contributed by atoms with van der Waals surface area (Å²) in [6, 6.07) is 23.9. The van der Waals surface area contributed by atoms with Gasteiger partial charge in [-0.1, -0.05) is 60.7 Å². The van der Waals surface area contributed by atoms with Gasteiger partial charge in [0.15, 0.2) is 11.6 Å². The number of nitrogens with two attached hydrogens (primary N) is 1. The standard InChI is InChI=1S/C28H30F2N2OS/c1-32(16-8-18-34-24-13-14-25(29)26(30)19-24)17-15-23(20-32)28(27(31)33,21-9-4-2-5-10-21)22-11-6-3-7-12-22/h2-7,9-14,19,23H,8,15-18,20H2,1H3,(H-,31,33)/p+1. The lowest BCUT2D eigenvalue weighted by Gasteiger charge is -2.38. The third kappa shape index (κ3) is 4.89. The number of hydrogen-bond donors (Lipinski definition) is 1. The van der Waals surface area contributed by atoms with E-state index < -0.39 is 17.0 Å². The van der Waals surface area contributed by atoms with Crippen molar-refractivity contribution >= 4 is 17.7 Å². The van der Waals surface area contributed by atoms with E-state index in [0.29, 0.717) is 0 Å². The summed E-state index contributed by atoms with van der Waals surface area (Å²) in [7, 11) is 2.24. The molecule has 2 unspecified atom stereocenters. The Morgan fingerprint density at radius 2 is 1.62 bits per heavy atom. The van der Waals surface area contributed by atoms with E-state index in [0.717, 1.165) is 58.7 Å². The van der Waals surface area contributed by atoms with Gasteiger partial charge in [0.1, 0.15) is 5.41 Å². The highest BCUT2D eigenvalue weighted by atomic mass is 32.2. The molecule has 1 aliphatic rings. The molecule has 0 radical (unpaired) electrons. The number of benzene rings is 3. The zero-order valence-corrected chi connectivity index (χ0v) is 20.2. The van der Waals surface area contributed by atoms with Gasteiger partial charge in [-0.3, -0.25) is 4.79 Å². The summed E-state index contributed by atoms with van der Waals surface area (Å²) >= 11 is 1.54. The maximum Gasteiger partial charge on any atom is 0.233 e. The largest absolute Gasteiger partial charge is 0.369 e. The number of halogens is 2. The van der Waals surface area contributed by atoms with Crippen LogP contribution in [0.5, 0.6) is 0 Å². The maximum absolute atomic E-state index is 13.5. The molecule has 1 heterocycles. The SMILES string of the molecule is C[N+]1(CCCSc2ccc(F)c(F)c2)CCC(C(C(N)=O)(c2ccccc2)c2ccccc2)C1. The molecule has 3 aromatic rings. The molecule has 0 aliphatic carbocycles. The summed E-state index contributed by atoms with van der Waals surface area (Å²) in [4.78, 5) is 14.0. The third-order valence-corrected chi connectivity index (χ3v) is 8.22. The second-order valence-corrected chi connectivity index (χ2v) is 10.6. The number of primary amides is 1. The Bertz CT molecular complexity index is 1090. The fourth-order valence-electron chi connectivity index (χ4n) is 5.47. The van der Waals surface area contributed by atoms with Crippen molar-refractivity contribution in [3.63, 3.8) is 0 Å². The van der Waals surface area contributed by atoms with Crippen LogP contribution >= 0.6 is 11.8 Å². The predicted molar refractivity (Wildman–Crippen MR) is 133 cm³/mol. The summed E-state index contributed by atoms with van der Waals surface area (Å²) in [6.45, 7) is 2.77. The fourth-order valence-corrected chi connectivity index (χ4v) is 6.33. The molecule has 4 rings (SSSR count). The van der Waals surface area contributed by atoms with Gasteiger partial charge in [0, 0.05) is 29.4 Å². The van der Waals surface area contributed by atoms with E-state index in [1.165, 1.54) is 23.9 Å². The number of nitrogens with zero attached hydrogens (tertiary/aromatic N) is 1. The van der Waals surface area contributed by atoms with Gasteiger partial charge in [-0.25, -0.2) is 8.78 Å². The van der Waals surface area contributed by atoms with Crippen LogP contribution in [0.4, 0.5) is 8.78 Å². The summed E-state index contributed by atoms with van der Waals surface area (Å²) in [5.74, 6) is -1.03. The smallest absolute Gasteiger partial charge is 0.233 e. The van der Waals surface area contributed by atoms with Crippen LogP contribution < -0.4 is 5.73 Å². The lowest BCUT2D eigenvalue weighted by Crippen LogP contribution is -2.51. The number of carbonyl (C=O) groups excluding carboxylic acids is 1. The Labute approximate surface area is 204 Å². The first-order valence-electron chi connectivity index (χ1n) is 11.7. The zero-order chi connectivity index (χ0) is 24.2. The first kappa shape index (κ1) is 24.4. The molecule has 2 atom stereocenters. The Hall–Kier alpha value is -2.70. The monoisotopic (exact) mass is 481 g/mol. The van der Waals surface area contributed by atoms with E-state index in [2.05, 4.69) is 7.05 Å². The van der Waals surface area contributed by atoms with Gasteiger partial charge in [-0.2, -0.15) is 0 Å². The van der Waals surface area contributed by atoms with Crippen LogP contribution in [0.25, 0.3) is 0 Å². The fraction of sp³-hybridized carbons (Fsp3) is 0.321. The van der Waals surface area contributed by atoms with E-state index in [9.17, 15) is 13.6 Å². The molecule has 1 aliphatic heterocycles. The molecular formula is C28H31F2N2OS+. The van der Waals surface area contributed by atoms with Crippen LogP contribution in [0.1, 0.15) is 24.0 Å². The number of thioether (sulfide) groups is 1. The Morgan fingerprint density at radius 3 is 2.18 bits per heavy atom. The summed E-state index contributed by atoms with van der Waals surface area (Å²) in [6.07, 6.45) is 1.84. The van der Waals surface area contributed by atoms with Crippen molar-refractivity contribution in [3.8, 4) is 0 Å². The van der Waals surface area contributed by atoms with Crippen molar-refractivity contribution in [2.45, 2.75) is 23.2 Å². The van der Waals surface area contributed by atoms with Gasteiger partial charge in [0.2, 0.25) is 5.91 Å². The first-order chi connectivity index (χ1) is 16.3. The van der Waals surface area contributed by atoms with Crippen molar-refractivity contribution in [3.05, 3.63) is 102 Å². The Kier molecular flexibility index (Phi) is 7.39. The molecule has 178 valence electrons. The van der Waals surface area contributed by atoms with Crippen LogP contribution in [-0.4, -0.2) is 42.8 Å².